The summed E-state index contributed by atoms with van der Waals surface area (Å²) < 4.78 is 11.5. The number of aliphatic hydroxyl groups is 2. The van der Waals surface area contributed by atoms with Crippen molar-refractivity contribution in [1.29, 1.82) is 0 Å². The second-order valence-electron chi connectivity index (χ2n) is 7.64. The number of esters is 1. The molecule has 4 rings (SSSR count). The summed E-state index contributed by atoms with van der Waals surface area (Å²) in [5, 5.41) is 21.7. The van der Waals surface area contributed by atoms with Gasteiger partial charge in [-0.3, -0.25) is 4.79 Å². The van der Waals surface area contributed by atoms with Gasteiger partial charge in [-0.2, -0.15) is 0 Å². The maximum atomic E-state index is 12.1. The number of hydrogen-bond acceptors (Lipinski definition) is 5. The lowest BCUT2D eigenvalue weighted by Gasteiger charge is -2.52. The summed E-state index contributed by atoms with van der Waals surface area (Å²) in [5.41, 5.74) is -1.91. The van der Waals surface area contributed by atoms with Crippen molar-refractivity contribution in [2.75, 3.05) is 6.61 Å². The first-order valence-corrected chi connectivity index (χ1v) is 7.48. The van der Waals surface area contributed by atoms with Crippen molar-refractivity contribution in [2.45, 2.75) is 57.5 Å². The van der Waals surface area contributed by atoms with Crippen molar-refractivity contribution in [3.63, 3.8) is 0 Å². The number of fused-ring (bicyclic) bond motifs is 1. The first kappa shape index (κ1) is 13.0. The Balaban J connectivity index is 2.01. The molecular formula is C15H22O5. The van der Waals surface area contributed by atoms with Crippen LogP contribution in [0.4, 0.5) is 0 Å². The van der Waals surface area contributed by atoms with Crippen LogP contribution in [0.25, 0.3) is 0 Å². The van der Waals surface area contributed by atoms with Crippen molar-refractivity contribution in [3.05, 3.63) is 0 Å². The average molecular weight is 282 g/mol. The molecule has 3 saturated heterocycles. The van der Waals surface area contributed by atoms with Gasteiger partial charge in [-0.1, -0.05) is 20.8 Å². The predicted molar refractivity (Wildman–Crippen MR) is 68.5 cm³/mol. The Kier molecular flexibility index (Phi) is 2.11. The van der Waals surface area contributed by atoms with Crippen LogP contribution in [0.3, 0.4) is 0 Å². The molecule has 1 saturated carbocycles. The van der Waals surface area contributed by atoms with Crippen molar-refractivity contribution in [2.24, 2.45) is 22.7 Å². The van der Waals surface area contributed by atoms with Crippen LogP contribution in [0.15, 0.2) is 0 Å². The van der Waals surface area contributed by atoms with E-state index in [0.717, 1.165) is 0 Å². The highest BCUT2D eigenvalue weighted by molar-refractivity contribution is 5.72. The fourth-order valence-electron chi connectivity index (χ4n) is 5.93. The number of hydrogen-bond donors (Lipinski definition) is 2. The van der Waals surface area contributed by atoms with E-state index in [1.165, 1.54) is 0 Å². The van der Waals surface area contributed by atoms with Gasteiger partial charge in [0.05, 0.1) is 19.1 Å². The van der Waals surface area contributed by atoms with Crippen LogP contribution >= 0.6 is 0 Å². The first-order valence-electron chi connectivity index (χ1n) is 7.48. The third kappa shape index (κ3) is 0.993. The molecule has 0 aromatic carbocycles. The topological polar surface area (TPSA) is 76.0 Å². The maximum absolute atomic E-state index is 12.1. The molecule has 0 amide bonds. The zero-order chi connectivity index (χ0) is 14.6. The van der Waals surface area contributed by atoms with Gasteiger partial charge >= 0.3 is 5.97 Å². The molecule has 0 aromatic rings. The van der Waals surface area contributed by atoms with Crippen LogP contribution < -0.4 is 0 Å². The number of carbonyl (C=O) groups excluding carboxylic acids is 1. The van der Waals surface area contributed by atoms with Crippen LogP contribution in [0.5, 0.6) is 0 Å². The van der Waals surface area contributed by atoms with E-state index in [1.807, 2.05) is 13.8 Å². The summed E-state index contributed by atoms with van der Waals surface area (Å²) in [7, 11) is 0. The molecule has 7 unspecified atom stereocenters. The van der Waals surface area contributed by atoms with Gasteiger partial charge in [0, 0.05) is 23.2 Å². The summed E-state index contributed by atoms with van der Waals surface area (Å²) in [6, 6.07) is 0. The second kappa shape index (κ2) is 3.23. The lowest BCUT2D eigenvalue weighted by molar-refractivity contribution is -0.218. The largest absolute Gasteiger partial charge is 0.465 e. The summed E-state index contributed by atoms with van der Waals surface area (Å²) in [6.45, 7) is 6.19. The normalized spacial score (nSPS) is 64.0. The van der Waals surface area contributed by atoms with Crippen molar-refractivity contribution < 1.29 is 24.5 Å². The number of carbonyl (C=O) groups is 1. The minimum atomic E-state index is -1.25. The van der Waals surface area contributed by atoms with Crippen molar-refractivity contribution in [1.82, 2.24) is 0 Å². The Morgan fingerprint density at radius 3 is 2.75 bits per heavy atom. The molecule has 1 aliphatic carbocycles. The van der Waals surface area contributed by atoms with E-state index in [4.69, 9.17) is 9.47 Å². The molecule has 20 heavy (non-hydrogen) atoms. The zero-order valence-electron chi connectivity index (χ0n) is 12.2. The van der Waals surface area contributed by atoms with E-state index in [9.17, 15) is 15.0 Å². The number of aliphatic hydroxyl groups excluding tert-OH is 1. The molecule has 0 radical (unpaired) electrons. The Morgan fingerprint density at radius 2 is 2.05 bits per heavy atom. The number of cyclic esters (lactones) is 1. The third-order valence-electron chi connectivity index (χ3n) is 7.11. The van der Waals surface area contributed by atoms with E-state index in [0.29, 0.717) is 12.8 Å². The van der Waals surface area contributed by atoms with Crippen molar-refractivity contribution >= 4 is 5.97 Å². The Bertz CT molecular complexity index is 506. The molecule has 5 heteroatoms. The second-order valence-corrected chi connectivity index (χ2v) is 7.64. The Labute approximate surface area is 118 Å². The zero-order valence-corrected chi connectivity index (χ0v) is 12.2. The van der Waals surface area contributed by atoms with E-state index < -0.39 is 28.3 Å². The van der Waals surface area contributed by atoms with E-state index in [1.54, 1.807) is 0 Å². The molecule has 0 aromatic heterocycles. The molecule has 4 fully saturated rings. The fourth-order valence-corrected chi connectivity index (χ4v) is 5.93. The Hall–Kier alpha value is -0.650. The highest BCUT2D eigenvalue weighted by Crippen LogP contribution is 2.78. The quantitative estimate of drug-likeness (QED) is 0.643. The van der Waals surface area contributed by atoms with Gasteiger partial charge in [0.25, 0.3) is 0 Å². The molecule has 3 aliphatic heterocycles. The minimum Gasteiger partial charge on any atom is -0.465 e. The van der Waals surface area contributed by atoms with Crippen LogP contribution in [0.1, 0.15) is 40.0 Å². The Morgan fingerprint density at radius 1 is 1.35 bits per heavy atom. The molecular weight excluding hydrogens is 260 g/mol. The van der Waals surface area contributed by atoms with Gasteiger partial charge in [0.2, 0.25) is 0 Å². The molecule has 2 N–H and O–H groups in total. The van der Waals surface area contributed by atoms with E-state index in [-0.39, 0.29) is 30.8 Å². The van der Waals surface area contributed by atoms with Crippen LogP contribution in [0, 0.1) is 22.7 Å². The van der Waals surface area contributed by atoms with E-state index in [2.05, 4.69) is 6.92 Å². The summed E-state index contributed by atoms with van der Waals surface area (Å²) in [4.78, 5) is 12.1. The fraction of sp³-hybridized carbons (Fsp3) is 0.933. The lowest BCUT2D eigenvalue weighted by atomic mass is 9.49. The molecule has 3 heterocycles. The summed E-state index contributed by atoms with van der Waals surface area (Å²) >= 11 is 0. The minimum absolute atomic E-state index is 0.129. The van der Waals surface area contributed by atoms with E-state index >= 15 is 0 Å². The molecule has 112 valence electrons. The third-order valence-corrected chi connectivity index (χ3v) is 7.11. The van der Waals surface area contributed by atoms with Crippen LogP contribution in [-0.2, 0) is 14.3 Å². The smallest absolute Gasteiger partial charge is 0.306 e. The lowest BCUT2D eigenvalue weighted by Crippen LogP contribution is -2.62. The molecule has 5 nitrogen and oxygen atoms in total. The monoisotopic (exact) mass is 282 g/mol. The SMILES string of the molecule is CC1C2(O)CC34CC(=O)OCC1(C)C3(O2)C(O)CC4C. The standard InChI is InChI=1S/C15H22O5/c1-8-4-10(16)15-12(3)7-19-11(17)5-13(8,15)6-14(18,20-15)9(12)2/h8-10,16,18H,4-7H2,1-3H3. The van der Waals surface area contributed by atoms with Gasteiger partial charge in [-0.25, -0.2) is 0 Å². The summed E-state index contributed by atoms with van der Waals surface area (Å²) in [5.74, 6) is -1.53. The number of ether oxygens (including phenoxy) is 2. The van der Waals surface area contributed by atoms with Gasteiger partial charge in [0.1, 0.15) is 5.60 Å². The van der Waals surface area contributed by atoms with Gasteiger partial charge < -0.3 is 19.7 Å². The molecule has 7 atom stereocenters. The average Bonchev–Trinajstić information content (AvgIpc) is 2.80. The highest BCUT2D eigenvalue weighted by Gasteiger charge is 2.86. The number of rotatable bonds is 0. The highest BCUT2D eigenvalue weighted by atomic mass is 16.7. The van der Waals surface area contributed by atoms with Gasteiger partial charge in [-0.05, 0) is 12.3 Å². The van der Waals surface area contributed by atoms with Crippen LogP contribution in [-0.4, -0.2) is 40.3 Å². The maximum Gasteiger partial charge on any atom is 0.306 e. The molecule has 1 spiro atoms. The molecule has 4 aliphatic rings. The van der Waals surface area contributed by atoms with Gasteiger partial charge in [-0.15, -0.1) is 0 Å². The van der Waals surface area contributed by atoms with Crippen molar-refractivity contribution in [3.8, 4) is 0 Å². The molecule has 2 bridgehead atoms. The first-order chi connectivity index (χ1) is 9.22. The summed E-state index contributed by atoms with van der Waals surface area (Å²) in [6.07, 6.45) is 0.613. The van der Waals surface area contributed by atoms with Crippen LogP contribution in [0.2, 0.25) is 0 Å². The van der Waals surface area contributed by atoms with Gasteiger partial charge in [0.15, 0.2) is 5.79 Å². The predicted octanol–water partition coefficient (Wildman–Crippen LogP) is 0.824.